The Morgan fingerprint density at radius 1 is 1.24 bits per heavy atom. The van der Waals surface area contributed by atoms with E-state index in [0.29, 0.717) is 9.47 Å². The molecule has 2 aromatic heterocycles. The molecule has 1 N–H and O–H groups in total. The second kappa shape index (κ2) is 5.93. The van der Waals surface area contributed by atoms with Gasteiger partial charge in [-0.15, -0.1) is 22.7 Å². The van der Waals surface area contributed by atoms with Crippen molar-refractivity contribution in [2.75, 3.05) is 5.32 Å². The van der Waals surface area contributed by atoms with Crippen molar-refractivity contribution in [2.24, 2.45) is 0 Å². The smallest absolute Gasteiger partial charge is 0.260 e. The fraction of sp³-hybridized carbons (Fsp3) is 0. The number of carbonyl (C=O) groups excluding carboxylic acids is 1. The van der Waals surface area contributed by atoms with Crippen LogP contribution in [0.4, 0.5) is 9.52 Å². The number of nitrogens with zero attached hydrogens (tertiary/aromatic N) is 1. The summed E-state index contributed by atoms with van der Waals surface area (Å²) in [5.74, 6) is -1.07. The molecule has 106 valence electrons. The van der Waals surface area contributed by atoms with E-state index in [1.165, 1.54) is 40.9 Å². The zero-order chi connectivity index (χ0) is 14.8. The van der Waals surface area contributed by atoms with Gasteiger partial charge >= 0.3 is 0 Å². The number of benzene rings is 1. The van der Waals surface area contributed by atoms with Gasteiger partial charge in [-0.05, 0) is 24.3 Å². The SMILES string of the molecule is O=C(Nc1nc(-c2ccc(Cl)s2)cs1)c1ccccc1F. The van der Waals surface area contributed by atoms with Crippen LogP contribution in [-0.2, 0) is 0 Å². The van der Waals surface area contributed by atoms with Gasteiger partial charge in [-0.2, -0.15) is 0 Å². The summed E-state index contributed by atoms with van der Waals surface area (Å²) in [4.78, 5) is 17.2. The summed E-state index contributed by atoms with van der Waals surface area (Å²) in [5, 5.41) is 4.83. The standard InChI is InChI=1S/C14H8ClFN2OS2/c15-12-6-5-11(21-12)10-7-20-14(17-10)18-13(19)8-3-1-2-4-9(8)16/h1-7H,(H,17,18,19). The Bertz CT molecular complexity index is 800. The van der Waals surface area contributed by atoms with Crippen LogP contribution < -0.4 is 5.32 Å². The lowest BCUT2D eigenvalue weighted by Crippen LogP contribution is -2.13. The number of anilines is 1. The fourth-order valence-electron chi connectivity index (χ4n) is 1.71. The highest BCUT2D eigenvalue weighted by atomic mass is 35.5. The van der Waals surface area contributed by atoms with Gasteiger partial charge in [0.1, 0.15) is 5.82 Å². The lowest BCUT2D eigenvalue weighted by Gasteiger charge is -2.02. The quantitative estimate of drug-likeness (QED) is 0.736. The van der Waals surface area contributed by atoms with Gasteiger partial charge in [0.15, 0.2) is 5.13 Å². The van der Waals surface area contributed by atoms with Crippen LogP contribution >= 0.6 is 34.3 Å². The first kappa shape index (κ1) is 14.2. The summed E-state index contributed by atoms with van der Waals surface area (Å²) in [5.41, 5.74) is 0.731. The van der Waals surface area contributed by atoms with Crippen molar-refractivity contribution in [2.45, 2.75) is 0 Å². The maximum absolute atomic E-state index is 13.5. The third-order valence-electron chi connectivity index (χ3n) is 2.67. The van der Waals surface area contributed by atoms with E-state index < -0.39 is 11.7 Å². The monoisotopic (exact) mass is 338 g/mol. The van der Waals surface area contributed by atoms with Crippen molar-refractivity contribution < 1.29 is 9.18 Å². The molecule has 0 fully saturated rings. The van der Waals surface area contributed by atoms with Crippen molar-refractivity contribution in [3.63, 3.8) is 0 Å². The highest BCUT2D eigenvalue weighted by Gasteiger charge is 2.13. The lowest BCUT2D eigenvalue weighted by molar-refractivity contribution is 0.102. The molecule has 21 heavy (non-hydrogen) atoms. The highest BCUT2D eigenvalue weighted by Crippen LogP contribution is 2.32. The molecule has 2 heterocycles. The van der Waals surface area contributed by atoms with Gasteiger partial charge in [0.05, 0.1) is 20.5 Å². The van der Waals surface area contributed by atoms with Crippen molar-refractivity contribution in [1.29, 1.82) is 0 Å². The number of halogens is 2. The second-order valence-electron chi connectivity index (χ2n) is 4.08. The maximum Gasteiger partial charge on any atom is 0.260 e. The van der Waals surface area contributed by atoms with E-state index in [-0.39, 0.29) is 5.56 Å². The van der Waals surface area contributed by atoms with E-state index >= 15 is 0 Å². The minimum Gasteiger partial charge on any atom is -0.298 e. The van der Waals surface area contributed by atoms with Crippen LogP contribution in [0.15, 0.2) is 41.8 Å². The number of rotatable bonds is 3. The molecule has 0 saturated carbocycles. The molecule has 1 aromatic carbocycles. The Labute approximate surface area is 133 Å². The first-order valence-corrected chi connectivity index (χ1v) is 7.98. The average Bonchev–Trinajstić information content (AvgIpc) is 3.08. The average molecular weight is 339 g/mol. The van der Waals surface area contributed by atoms with E-state index in [0.717, 1.165) is 10.6 Å². The normalized spacial score (nSPS) is 10.6. The Hall–Kier alpha value is -1.76. The number of thiazole rings is 1. The molecule has 0 aliphatic carbocycles. The molecule has 0 spiro atoms. The minimum absolute atomic E-state index is 0.00609. The summed E-state index contributed by atoms with van der Waals surface area (Å²) in [7, 11) is 0. The Morgan fingerprint density at radius 3 is 2.76 bits per heavy atom. The molecule has 3 nitrogen and oxygen atoms in total. The fourth-order valence-corrected chi connectivity index (χ4v) is 3.49. The van der Waals surface area contributed by atoms with Crippen molar-refractivity contribution in [3.8, 4) is 10.6 Å². The third-order valence-corrected chi connectivity index (χ3v) is 4.68. The van der Waals surface area contributed by atoms with E-state index in [2.05, 4.69) is 10.3 Å². The number of hydrogen-bond donors (Lipinski definition) is 1. The third kappa shape index (κ3) is 3.12. The molecule has 0 radical (unpaired) electrons. The Kier molecular flexibility index (Phi) is 4.01. The maximum atomic E-state index is 13.5. The predicted octanol–water partition coefficient (Wildman–Crippen LogP) is 4.92. The molecule has 0 bridgehead atoms. The van der Waals surface area contributed by atoms with Crippen LogP contribution in [0.5, 0.6) is 0 Å². The van der Waals surface area contributed by atoms with Crippen molar-refractivity contribution in [1.82, 2.24) is 4.98 Å². The molecular weight excluding hydrogens is 331 g/mol. The van der Waals surface area contributed by atoms with E-state index in [9.17, 15) is 9.18 Å². The molecule has 1 amide bonds. The molecule has 0 aliphatic heterocycles. The molecular formula is C14H8ClFN2OS2. The van der Waals surface area contributed by atoms with E-state index in [4.69, 9.17) is 11.6 Å². The summed E-state index contributed by atoms with van der Waals surface area (Å²) >= 11 is 8.57. The van der Waals surface area contributed by atoms with E-state index in [1.807, 2.05) is 11.4 Å². The van der Waals surface area contributed by atoms with Gasteiger partial charge < -0.3 is 0 Å². The zero-order valence-electron chi connectivity index (χ0n) is 10.5. The van der Waals surface area contributed by atoms with Crippen LogP contribution in [0.25, 0.3) is 10.6 Å². The Morgan fingerprint density at radius 2 is 2.05 bits per heavy atom. The van der Waals surface area contributed by atoms with Gasteiger partial charge in [-0.25, -0.2) is 9.37 Å². The van der Waals surface area contributed by atoms with Gasteiger partial charge in [-0.3, -0.25) is 10.1 Å². The summed E-state index contributed by atoms with van der Waals surface area (Å²) in [6, 6.07) is 9.48. The van der Waals surface area contributed by atoms with Gasteiger partial charge in [0, 0.05) is 5.38 Å². The van der Waals surface area contributed by atoms with Gasteiger partial charge in [0.25, 0.3) is 5.91 Å². The summed E-state index contributed by atoms with van der Waals surface area (Å²) in [6.45, 7) is 0. The topological polar surface area (TPSA) is 42.0 Å². The summed E-state index contributed by atoms with van der Waals surface area (Å²) in [6.07, 6.45) is 0. The second-order valence-corrected chi connectivity index (χ2v) is 6.65. The largest absolute Gasteiger partial charge is 0.298 e. The number of hydrogen-bond acceptors (Lipinski definition) is 4. The number of amides is 1. The number of nitrogens with one attached hydrogen (secondary N) is 1. The first-order chi connectivity index (χ1) is 10.1. The molecule has 0 aliphatic rings. The molecule has 3 rings (SSSR count). The molecule has 0 atom stereocenters. The van der Waals surface area contributed by atoms with Crippen LogP contribution in [0, 0.1) is 5.82 Å². The number of aromatic nitrogens is 1. The highest BCUT2D eigenvalue weighted by molar-refractivity contribution is 7.20. The Balaban J connectivity index is 1.79. The lowest BCUT2D eigenvalue weighted by atomic mass is 10.2. The van der Waals surface area contributed by atoms with Crippen LogP contribution in [-0.4, -0.2) is 10.9 Å². The molecule has 0 unspecified atom stereocenters. The van der Waals surface area contributed by atoms with E-state index in [1.54, 1.807) is 12.1 Å². The van der Waals surface area contributed by atoms with Crippen molar-refractivity contribution in [3.05, 3.63) is 57.5 Å². The minimum atomic E-state index is -0.559. The van der Waals surface area contributed by atoms with Gasteiger partial charge in [0.2, 0.25) is 0 Å². The first-order valence-electron chi connectivity index (χ1n) is 5.90. The van der Waals surface area contributed by atoms with Crippen LogP contribution in [0.3, 0.4) is 0 Å². The number of thiophene rings is 1. The predicted molar refractivity (Wildman–Crippen MR) is 84.8 cm³/mol. The molecule has 0 saturated heterocycles. The van der Waals surface area contributed by atoms with Crippen molar-refractivity contribution >= 4 is 45.3 Å². The number of carbonyl (C=O) groups is 1. The van der Waals surface area contributed by atoms with Crippen LogP contribution in [0.1, 0.15) is 10.4 Å². The van der Waals surface area contributed by atoms with Gasteiger partial charge in [-0.1, -0.05) is 23.7 Å². The van der Waals surface area contributed by atoms with Crippen LogP contribution in [0.2, 0.25) is 4.34 Å². The molecule has 7 heteroatoms. The molecule has 3 aromatic rings. The zero-order valence-corrected chi connectivity index (χ0v) is 12.9. The summed E-state index contributed by atoms with van der Waals surface area (Å²) < 4.78 is 14.2.